The molecule has 3 aromatic carbocycles. The molecule has 0 aliphatic carbocycles. The molecule has 0 atom stereocenters. The largest absolute Gasteiger partial charge is 0.504 e. The number of nitrogens with zero attached hydrogens (tertiary/aromatic N) is 2. The number of hydrogen-bond acceptors (Lipinski definition) is 5. The van der Waals surface area contributed by atoms with Gasteiger partial charge in [0, 0.05) is 28.4 Å². The molecule has 0 amide bonds. The highest BCUT2D eigenvalue weighted by molar-refractivity contribution is 6.31. The second kappa shape index (κ2) is 7.93. The molecule has 4 aromatic rings. The molecule has 4 rings (SSSR count). The van der Waals surface area contributed by atoms with Crippen LogP contribution >= 0.6 is 11.6 Å². The Balaban J connectivity index is 1.64. The predicted molar refractivity (Wildman–Crippen MR) is 111 cm³/mol. The summed E-state index contributed by atoms with van der Waals surface area (Å²) in [7, 11) is 0. The highest BCUT2D eigenvalue weighted by Gasteiger charge is 2.11. The molecule has 0 spiro atoms. The van der Waals surface area contributed by atoms with Crippen molar-refractivity contribution in [3.63, 3.8) is 0 Å². The number of oxazole rings is 1. The third-order valence-corrected chi connectivity index (χ3v) is 4.40. The summed E-state index contributed by atoms with van der Waals surface area (Å²) < 4.78 is 24.2. The number of halogens is 2. The van der Waals surface area contributed by atoms with E-state index in [1.54, 1.807) is 42.5 Å². The molecular formula is C22H16ClFN2O3. The van der Waals surface area contributed by atoms with Crippen LogP contribution in [0.25, 0.3) is 22.6 Å². The van der Waals surface area contributed by atoms with E-state index < -0.39 is 0 Å². The summed E-state index contributed by atoms with van der Waals surface area (Å²) in [5, 5.41) is 10.7. The second-order valence-corrected chi connectivity index (χ2v) is 6.65. The zero-order valence-corrected chi connectivity index (χ0v) is 16.2. The minimum absolute atomic E-state index is 0.0267. The molecule has 1 N–H and O–H groups in total. The Morgan fingerprint density at radius 2 is 1.97 bits per heavy atom. The fourth-order valence-electron chi connectivity index (χ4n) is 2.81. The van der Waals surface area contributed by atoms with Crippen LogP contribution in [0.1, 0.15) is 12.5 Å². The average molecular weight is 411 g/mol. The maximum absolute atomic E-state index is 13.1. The van der Waals surface area contributed by atoms with Gasteiger partial charge in [-0.1, -0.05) is 11.6 Å². The smallest absolute Gasteiger partial charge is 0.227 e. The van der Waals surface area contributed by atoms with E-state index >= 15 is 0 Å². The van der Waals surface area contributed by atoms with Crippen molar-refractivity contribution in [2.24, 2.45) is 4.99 Å². The minimum atomic E-state index is -0.321. The lowest BCUT2D eigenvalue weighted by atomic mass is 10.2. The molecule has 0 saturated carbocycles. The predicted octanol–water partition coefficient (Wildman–Crippen LogP) is 6.14. The highest BCUT2D eigenvalue weighted by atomic mass is 35.5. The number of aromatic nitrogens is 1. The van der Waals surface area contributed by atoms with E-state index in [-0.39, 0.29) is 11.6 Å². The molecule has 0 bridgehead atoms. The first-order valence-corrected chi connectivity index (χ1v) is 9.27. The molecule has 29 heavy (non-hydrogen) atoms. The van der Waals surface area contributed by atoms with E-state index in [2.05, 4.69) is 9.98 Å². The van der Waals surface area contributed by atoms with Gasteiger partial charge in [-0.15, -0.1) is 0 Å². The molecule has 0 fully saturated rings. The van der Waals surface area contributed by atoms with Gasteiger partial charge in [0.1, 0.15) is 11.3 Å². The van der Waals surface area contributed by atoms with E-state index in [0.29, 0.717) is 51.2 Å². The topological polar surface area (TPSA) is 67.9 Å². The molecule has 5 nitrogen and oxygen atoms in total. The van der Waals surface area contributed by atoms with Gasteiger partial charge in [0.25, 0.3) is 0 Å². The van der Waals surface area contributed by atoms with Crippen LogP contribution in [0.5, 0.6) is 11.5 Å². The summed E-state index contributed by atoms with van der Waals surface area (Å²) >= 11 is 6.09. The summed E-state index contributed by atoms with van der Waals surface area (Å²) in [5.41, 5.74) is 2.94. The molecule has 1 heterocycles. The van der Waals surface area contributed by atoms with E-state index in [4.69, 9.17) is 20.8 Å². The lowest BCUT2D eigenvalue weighted by Gasteiger charge is -2.08. The third kappa shape index (κ3) is 4.07. The first-order chi connectivity index (χ1) is 14.0. The SMILES string of the molecule is CCOc1cc(Cl)cc(C=Nc2ccc3oc(-c4ccc(F)cc4)nc3c2)c1O. The lowest BCUT2D eigenvalue weighted by Crippen LogP contribution is -1.94. The Kier molecular flexibility index (Phi) is 5.18. The quantitative estimate of drug-likeness (QED) is 0.401. The fraction of sp³-hybridized carbons (Fsp3) is 0.0909. The molecule has 0 aliphatic rings. The van der Waals surface area contributed by atoms with Gasteiger partial charge in [0.05, 0.1) is 12.3 Å². The van der Waals surface area contributed by atoms with Crippen LogP contribution in [0.2, 0.25) is 5.02 Å². The van der Waals surface area contributed by atoms with E-state index in [1.807, 2.05) is 6.92 Å². The second-order valence-electron chi connectivity index (χ2n) is 6.21. The Labute approximate surface area is 171 Å². The fourth-order valence-corrected chi connectivity index (χ4v) is 3.03. The Morgan fingerprint density at radius 3 is 2.72 bits per heavy atom. The van der Waals surface area contributed by atoms with Crippen LogP contribution < -0.4 is 4.74 Å². The summed E-state index contributed by atoms with van der Waals surface area (Å²) in [6, 6.07) is 14.4. The van der Waals surface area contributed by atoms with Gasteiger partial charge in [-0.25, -0.2) is 9.37 Å². The average Bonchev–Trinajstić information content (AvgIpc) is 3.13. The number of phenolic OH excluding ortho intramolecular Hbond substituents is 1. The number of ether oxygens (including phenoxy) is 1. The maximum atomic E-state index is 13.1. The molecule has 0 aliphatic heterocycles. The van der Waals surface area contributed by atoms with Gasteiger partial charge in [-0.05, 0) is 55.5 Å². The van der Waals surface area contributed by atoms with Gasteiger partial charge in [-0.2, -0.15) is 0 Å². The molecule has 0 saturated heterocycles. The zero-order chi connectivity index (χ0) is 20.4. The summed E-state index contributed by atoms with van der Waals surface area (Å²) in [6.45, 7) is 2.23. The van der Waals surface area contributed by atoms with Crippen LogP contribution in [0.3, 0.4) is 0 Å². The van der Waals surface area contributed by atoms with Gasteiger partial charge < -0.3 is 14.3 Å². The number of aromatic hydroxyl groups is 1. The van der Waals surface area contributed by atoms with Crippen LogP contribution in [0.4, 0.5) is 10.1 Å². The number of fused-ring (bicyclic) bond motifs is 1. The molecule has 7 heteroatoms. The summed E-state index contributed by atoms with van der Waals surface area (Å²) in [4.78, 5) is 8.84. The van der Waals surface area contributed by atoms with Gasteiger partial charge >= 0.3 is 0 Å². The number of rotatable bonds is 5. The zero-order valence-electron chi connectivity index (χ0n) is 15.4. The number of benzene rings is 3. The van der Waals surface area contributed by atoms with Crippen molar-refractivity contribution in [3.8, 4) is 23.0 Å². The van der Waals surface area contributed by atoms with Crippen LogP contribution in [0, 0.1) is 5.82 Å². The Hall–Kier alpha value is -3.38. The normalized spacial score (nSPS) is 11.4. The molecule has 0 radical (unpaired) electrons. The van der Waals surface area contributed by atoms with E-state index in [1.165, 1.54) is 18.3 Å². The Bertz CT molecular complexity index is 1200. The minimum Gasteiger partial charge on any atom is -0.504 e. The molecular weight excluding hydrogens is 395 g/mol. The molecule has 1 aromatic heterocycles. The summed E-state index contributed by atoms with van der Waals surface area (Å²) in [6.07, 6.45) is 1.51. The Morgan fingerprint density at radius 1 is 1.17 bits per heavy atom. The van der Waals surface area contributed by atoms with Crippen molar-refractivity contribution in [2.45, 2.75) is 6.92 Å². The van der Waals surface area contributed by atoms with Gasteiger partial charge in [0.2, 0.25) is 5.89 Å². The van der Waals surface area contributed by atoms with Crippen molar-refractivity contribution in [2.75, 3.05) is 6.61 Å². The first-order valence-electron chi connectivity index (χ1n) is 8.89. The third-order valence-electron chi connectivity index (χ3n) is 4.18. The standard InChI is InChI=1S/C22H16ClFN2O3/c1-2-28-20-10-15(23)9-14(21(20)27)12-25-17-7-8-19-18(11-17)26-22(29-19)13-3-5-16(24)6-4-13/h3-12,27H,2H2,1H3. The van der Waals surface area contributed by atoms with Crippen LogP contribution in [0.15, 0.2) is 64.0 Å². The van der Waals surface area contributed by atoms with Crippen molar-refractivity contribution in [1.29, 1.82) is 0 Å². The van der Waals surface area contributed by atoms with E-state index in [0.717, 1.165) is 0 Å². The van der Waals surface area contributed by atoms with E-state index in [9.17, 15) is 9.50 Å². The van der Waals surface area contributed by atoms with Gasteiger partial charge in [0.15, 0.2) is 17.1 Å². The van der Waals surface area contributed by atoms with Crippen LogP contribution in [-0.2, 0) is 0 Å². The maximum Gasteiger partial charge on any atom is 0.227 e. The first kappa shape index (κ1) is 19.0. The molecule has 146 valence electrons. The summed E-state index contributed by atoms with van der Waals surface area (Å²) in [5.74, 6) is 0.353. The lowest BCUT2D eigenvalue weighted by molar-refractivity contribution is 0.318. The monoisotopic (exact) mass is 410 g/mol. The number of hydrogen-bond donors (Lipinski definition) is 1. The number of phenols is 1. The molecule has 0 unspecified atom stereocenters. The highest BCUT2D eigenvalue weighted by Crippen LogP contribution is 2.33. The van der Waals surface area contributed by atoms with Gasteiger partial charge in [-0.3, -0.25) is 4.99 Å². The number of aliphatic imine (C=N–C) groups is 1. The van der Waals surface area contributed by atoms with Crippen molar-refractivity contribution < 1.29 is 18.7 Å². The van der Waals surface area contributed by atoms with Crippen molar-refractivity contribution in [3.05, 3.63) is 71.0 Å². The van der Waals surface area contributed by atoms with Crippen LogP contribution in [-0.4, -0.2) is 22.9 Å². The van der Waals surface area contributed by atoms with Crippen molar-refractivity contribution in [1.82, 2.24) is 4.98 Å². The van der Waals surface area contributed by atoms with Crippen molar-refractivity contribution >= 4 is 34.6 Å².